The first-order chi connectivity index (χ1) is 8.51. The van der Waals surface area contributed by atoms with E-state index >= 15 is 0 Å². The summed E-state index contributed by atoms with van der Waals surface area (Å²) in [6.07, 6.45) is 4.09. The molecular formula is C17H25N. The molecule has 0 saturated heterocycles. The van der Waals surface area contributed by atoms with E-state index in [2.05, 4.69) is 57.1 Å². The van der Waals surface area contributed by atoms with E-state index < -0.39 is 0 Å². The minimum Gasteiger partial charge on any atom is -0.306 e. The zero-order valence-electron chi connectivity index (χ0n) is 12.1. The quantitative estimate of drug-likeness (QED) is 0.725. The fraction of sp³-hybridized carbons (Fsp3) is 0.647. The zero-order valence-corrected chi connectivity index (χ0v) is 12.1. The van der Waals surface area contributed by atoms with Crippen LogP contribution in [0, 0.1) is 5.92 Å². The molecule has 2 aliphatic carbocycles. The molecule has 3 atom stereocenters. The van der Waals surface area contributed by atoms with E-state index in [1.54, 1.807) is 11.1 Å². The monoisotopic (exact) mass is 243 g/mol. The Morgan fingerprint density at radius 2 is 1.83 bits per heavy atom. The van der Waals surface area contributed by atoms with Crippen LogP contribution in [-0.2, 0) is 5.41 Å². The van der Waals surface area contributed by atoms with Crippen LogP contribution >= 0.6 is 0 Å². The van der Waals surface area contributed by atoms with Crippen LogP contribution in [0.25, 0.3) is 0 Å². The second-order valence-electron chi connectivity index (χ2n) is 6.95. The third kappa shape index (κ3) is 1.64. The van der Waals surface area contributed by atoms with Crippen molar-refractivity contribution in [2.24, 2.45) is 5.92 Å². The van der Waals surface area contributed by atoms with Gasteiger partial charge < -0.3 is 4.90 Å². The number of hydrogen-bond donors (Lipinski definition) is 0. The SMILES string of the molecule is CN(C)C1CCC2c3ccccc3C(C)(C)C2C1. The Balaban J connectivity index is 1.97. The van der Waals surface area contributed by atoms with Crippen molar-refractivity contribution in [3.05, 3.63) is 35.4 Å². The van der Waals surface area contributed by atoms with Gasteiger partial charge in [0.05, 0.1) is 0 Å². The highest BCUT2D eigenvalue weighted by Gasteiger charge is 2.48. The highest BCUT2D eigenvalue weighted by atomic mass is 15.1. The molecular weight excluding hydrogens is 218 g/mol. The molecule has 3 unspecified atom stereocenters. The molecule has 1 saturated carbocycles. The molecule has 1 fully saturated rings. The second kappa shape index (κ2) is 4.09. The number of rotatable bonds is 1. The van der Waals surface area contributed by atoms with Crippen LogP contribution in [0.5, 0.6) is 0 Å². The van der Waals surface area contributed by atoms with Gasteiger partial charge in [0.2, 0.25) is 0 Å². The minimum absolute atomic E-state index is 0.357. The highest BCUT2D eigenvalue weighted by Crippen LogP contribution is 2.56. The lowest BCUT2D eigenvalue weighted by Crippen LogP contribution is -2.39. The topological polar surface area (TPSA) is 3.24 Å². The number of fused-ring (bicyclic) bond motifs is 3. The van der Waals surface area contributed by atoms with Crippen molar-refractivity contribution in [3.8, 4) is 0 Å². The summed E-state index contributed by atoms with van der Waals surface area (Å²) in [6.45, 7) is 4.91. The van der Waals surface area contributed by atoms with Gasteiger partial charge in [-0.3, -0.25) is 0 Å². The Morgan fingerprint density at radius 3 is 2.56 bits per heavy atom. The molecule has 0 heterocycles. The number of hydrogen-bond acceptors (Lipinski definition) is 1. The van der Waals surface area contributed by atoms with Gasteiger partial charge in [0.25, 0.3) is 0 Å². The standard InChI is InChI=1S/C17H25N/c1-17(2)15-8-6-5-7-13(15)14-10-9-12(18(3)4)11-16(14)17/h5-8,12,14,16H,9-11H2,1-4H3. The summed E-state index contributed by atoms with van der Waals surface area (Å²) in [5, 5.41) is 0. The average Bonchev–Trinajstić information content (AvgIpc) is 2.59. The van der Waals surface area contributed by atoms with Crippen LogP contribution in [-0.4, -0.2) is 25.0 Å². The number of benzene rings is 1. The molecule has 1 heteroatoms. The minimum atomic E-state index is 0.357. The lowest BCUT2D eigenvalue weighted by atomic mass is 9.68. The maximum Gasteiger partial charge on any atom is 0.00925 e. The van der Waals surface area contributed by atoms with Crippen LogP contribution in [0.2, 0.25) is 0 Å². The zero-order chi connectivity index (χ0) is 12.9. The summed E-state index contributed by atoms with van der Waals surface area (Å²) >= 11 is 0. The van der Waals surface area contributed by atoms with E-state index in [0.717, 1.165) is 17.9 Å². The van der Waals surface area contributed by atoms with Gasteiger partial charge in [0.1, 0.15) is 0 Å². The van der Waals surface area contributed by atoms with Gasteiger partial charge >= 0.3 is 0 Å². The fourth-order valence-electron chi connectivity index (χ4n) is 4.39. The number of nitrogens with zero attached hydrogens (tertiary/aromatic N) is 1. The largest absolute Gasteiger partial charge is 0.306 e. The summed E-state index contributed by atoms with van der Waals surface area (Å²) in [7, 11) is 4.47. The van der Waals surface area contributed by atoms with E-state index in [1.807, 2.05) is 0 Å². The summed E-state index contributed by atoms with van der Waals surface area (Å²) in [6, 6.07) is 9.94. The summed E-state index contributed by atoms with van der Waals surface area (Å²) in [5.74, 6) is 1.64. The maximum absolute atomic E-state index is 2.45. The molecule has 0 aliphatic heterocycles. The molecule has 0 radical (unpaired) electrons. The van der Waals surface area contributed by atoms with Gasteiger partial charge in [0, 0.05) is 6.04 Å². The average molecular weight is 243 g/mol. The molecule has 0 bridgehead atoms. The Labute approximate surface area is 111 Å². The predicted molar refractivity (Wildman–Crippen MR) is 77.0 cm³/mol. The van der Waals surface area contributed by atoms with Crippen LogP contribution in [0.1, 0.15) is 50.2 Å². The Morgan fingerprint density at radius 1 is 1.11 bits per heavy atom. The first-order valence-electron chi connectivity index (χ1n) is 7.27. The molecule has 0 amide bonds. The van der Waals surface area contributed by atoms with Gasteiger partial charge in [-0.15, -0.1) is 0 Å². The van der Waals surface area contributed by atoms with Crippen molar-refractivity contribution >= 4 is 0 Å². The maximum atomic E-state index is 2.45. The van der Waals surface area contributed by atoms with Gasteiger partial charge in [-0.25, -0.2) is 0 Å². The molecule has 3 rings (SSSR count). The molecule has 18 heavy (non-hydrogen) atoms. The molecule has 0 aromatic heterocycles. The Kier molecular flexibility index (Phi) is 2.78. The van der Waals surface area contributed by atoms with Crippen molar-refractivity contribution < 1.29 is 0 Å². The van der Waals surface area contributed by atoms with Gasteiger partial charge in [-0.2, -0.15) is 0 Å². The van der Waals surface area contributed by atoms with Crippen LogP contribution in [0.3, 0.4) is 0 Å². The normalized spacial score (nSPS) is 33.3. The van der Waals surface area contributed by atoms with Crippen molar-refractivity contribution in [1.29, 1.82) is 0 Å². The van der Waals surface area contributed by atoms with E-state index in [1.165, 1.54) is 19.3 Å². The fourth-order valence-corrected chi connectivity index (χ4v) is 4.39. The van der Waals surface area contributed by atoms with Crippen molar-refractivity contribution in [2.75, 3.05) is 14.1 Å². The highest BCUT2D eigenvalue weighted by molar-refractivity contribution is 5.43. The third-order valence-electron chi connectivity index (χ3n) is 5.53. The van der Waals surface area contributed by atoms with Crippen molar-refractivity contribution in [3.63, 3.8) is 0 Å². The molecule has 2 aliphatic rings. The molecule has 1 aromatic carbocycles. The smallest absolute Gasteiger partial charge is 0.00925 e. The van der Waals surface area contributed by atoms with Gasteiger partial charge in [-0.05, 0) is 61.7 Å². The first kappa shape index (κ1) is 12.2. The molecule has 0 spiro atoms. The van der Waals surface area contributed by atoms with E-state index in [0.29, 0.717) is 5.41 Å². The third-order valence-corrected chi connectivity index (χ3v) is 5.53. The van der Waals surface area contributed by atoms with Gasteiger partial charge in [0.15, 0.2) is 0 Å². The first-order valence-corrected chi connectivity index (χ1v) is 7.27. The van der Waals surface area contributed by atoms with E-state index in [-0.39, 0.29) is 0 Å². The summed E-state index contributed by atoms with van der Waals surface area (Å²) in [5.41, 5.74) is 3.61. The summed E-state index contributed by atoms with van der Waals surface area (Å²) in [4.78, 5) is 2.43. The lowest BCUT2D eigenvalue weighted by molar-refractivity contribution is 0.137. The van der Waals surface area contributed by atoms with Crippen LogP contribution < -0.4 is 0 Å². The van der Waals surface area contributed by atoms with Crippen LogP contribution in [0.15, 0.2) is 24.3 Å². The molecule has 0 N–H and O–H groups in total. The van der Waals surface area contributed by atoms with Crippen molar-refractivity contribution in [1.82, 2.24) is 4.90 Å². The Hall–Kier alpha value is -0.820. The summed E-state index contributed by atoms with van der Waals surface area (Å²) < 4.78 is 0. The second-order valence-corrected chi connectivity index (χ2v) is 6.95. The van der Waals surface area contributed by atoms with E-state index in [4.69, 9.17) is 0 Å². The molecule has 1 nitrogen and oxygen atoms in total. The Bertz CT molecular complexity index is 447. The predicted octanol–water partition coefficient (Wildman–Crippen LogP) is 3.79. The molecule has 1 aromatic rings. The lowest BCUT2D eigenvalue weighted by Gasteiger charge is -2.41. The van der Waals surface area contributed by atoms with Crippen molar-refractivity contribution in [2.45, 2.75) is 50.5 Å². The van der Waals surface area contributed by atoms with Gasteiger partial charge in [-0.1, -0.05) is 38.1 Å². The van der Waals surface area contributed by atoms with Crippen LogP contribution in [0.4, 0.5) is 0 Å². The van der Waals surface area contributed by atoms with E-state index in [9.17, 15) is 0 Å². The molecule has 98 valence electrons.